The fourth-order valence-electron chi connectivity index (χ4n) is 2.22. The molecule has 2 heterocycles. The van der Waals surface area contributed by atoms with E-state index in [2.05, 4.69) is 28.8 Å². The van der Waals surface area contributed by atoms with Gasteiger partial charge in [-0.15, -0.1) is 0 Å². The average Bonchev–Trinajstić information content (AvgIpc) is 3.31. The Bertz CT molecular complexity index is 564. The Labute approximate surface area is 113 Å². The average molecular weight is 254 g/mol. The quantitative estimate of drug-likeness (QED) is 0.839. The summed E-state index contributed by atoms with van der Waals surface area (Å²) in [5, 5.41) is 0. The molecule has 0 amide bonds. The van der Waals surface area contributed by atoms with Crippen molar-refractivity contribution in [2.45, 2.75) is 44.9 Å². The van der Waals surface area contributed by atoms with Gasteiger partial charge in [0.1, 0.15) is 0 Å². The van der Waals surface area contributed by atoms with Crippen molar-refractivity contribution < 1.29 is 0 Å². The SMILES string of the molecule is CC[C@H](C)c1nc(-c2ncccn2)ncc1C1CC1. The van der Waals surface area contributed by atoms with Crippen molar-refractivity contribution >= 4 is 0 Å². The Morgan fingerprint density at radius 2 is 1.89 bits per heavy atom. The van der Waals surface area contributed by atoms with Crippen LogP contribution in [0.3, 0.4) is 0 Å². The van der Waals surface area contributed by atoms with E-state index in [-0.39, 0.29) is 0 Å². The zero-order chi connectivity index (χ0) is 13.2. The highest BCUT2D eigenvalue weighted by molar-refractivity contribution is 5.44. The number of nitrogens with zero attached hydrogens (tertiary/aromatic N) is 4. The molecule has 4 nitrogen and oxygen atoms in total. The van der Waals surface area contributed by atoms with Gasteiger partial charge in [0.2, 0.25) is 0 Å². The lowest BCUT2D eigenvalue weighted by Crippen LogP contribution is -2.05. The van der Waals surface area contributed by atoms with Gasteiger partial charge >= 0.3 is 0 Å². The predicted molar refractivity (Wildman–Crippen MR) is 73.7 cm³/mol. The summed E-state index contributed by atoms with van der Waals surface area (Å²) in [6.07, 6.45) is 9.07. The largest absolute Gasteiger partial charge is 0.234 e. The summed E-state index contributed by atoms with van der Waals surface area (Å²) in [4.78, 5) is 17.6. The standard InChI is InChI=1S/C15H18N4/c1-3-10(2)13-12(11-5-6-11)9-18-15(19-13)14-16-7-4-8-17-14/h4,7-11H,3,5-6H2,1-2H3/t10-/m0/s1. The molecule has 1 fully saturated rings. The number of hydrogen-bond donors (Lipinski definition) is 0. The highest BCUT2D eigenvalue weighted by Gasteiger charge is 2.29. The predicted octanol–water partition coefficient (Wildman–Crippen LogP) is 3.32. The Morgan fingerprint density at radius 3 is 2.53 bits per heavy atom. The molecule has 0 aliphatic heterocycles. The van der Waals surface area contributed by atoms with Gasteiger partial charge < -0.3 is 0 Å². The molecular formula is C15H18N4. The molecule has 0 bridgehead atoms. The van der Waals surface area contributed by atoms with Gasteiger partial charge in [0, 0.05) is 18.6 Å². The number of hydrogen-bond acceptors (Lipinski definition) is 4. The lowest BCUT2D eigenvalue weighted by molar-refractivity contribution is 0.691. The first-order valence-electron chi connectivity index (χ1n) is 6.93. The molecule has 0 N–H and O–H groups in total. The van der Waals surface area contributed by atoms with Crippen molar-refractivity contribution in [1.29, 1.82) is 0 Å². The van der Waals surface area contributed by atoms with Crippen LogP contribution in [0.5, 0.6) is 0 Å². The second-order valence-corrected chi connectivity index (χ2v) is 5.19. The smallest absolute Gasteiger partial charge is 0.197 e. The first kappa shape index (κ1) is 12.2. The zero-order valence-corrected chi connectivity index (χ0v) is 11.4. The summed E-state index contributed by atoms with van der Waals surface area (Å²) in [6, 6.07) is 1.80. The Morgan fingerprint density at radius 1 is 1.16 bits per heavy atom. The molecule has 1 atom stereocenters. The molecule has 1 saturated carbocycles. The Hall–Kier alpha value is -1.84. The van der Waals surface area contributed by atoms with Crippen molar-refractivity contribution in [2.75, 3.05) is 0 Å². The van der Waals surface area contributed by atoms with Crippen LogP contribution in [0.15, 0.2) is 24.7 Å². The fourth-order valence-corrected chi connectivity index (χ4v) is 2.22. The summed E-state index contributed by atoms with van der Waals surface area (Å²) >= 11 is 0. The van der Waals surface area contributed by atoms with Crippen molar-refractivity contribution in [2.24, 2.45) is 0 Å². The lowest BCUT2D eigenvalue weighted by atomic mass is 9.98. The maximum Gasteiger partial charge on any atom is 0.197 e. The van der Waals surface area contributed by atoms with Gasteiger partial charge in [-0.2, -0.15) is 0 Å². The highest BCUT2D eigenvalue weighted by Crippen LogP contribution is 2.43. The first-order valence-corrected chi connectivity index (χ1v) is 6.93. The van der Waals surface area contributed by atoms with Gasteiger partial charge in [-0.05, 0) is 42.7 Å². The normalized spacial score (nSPS) is 16.3. The van der Waals surface area contributed by atoms with Crippen LogP contribution >= 0.6 is 0 Å². The van der Waals surface area contributed by atoms with Crippen LogP contribution in [0.1, 0.15) is 56.2 Å². The maximum atomic E-state index is 4.74. The molecule has 2 aromatic rings. The third kappa shape index (κ3) is 2.48. The van der Waals surface area contributed by atoms with E-state index in [9.17, 15) is 0 Å². The highest BCUT2D eigenvalue weighted by atomic mass is 15.0. The van der Waals surface area contributed by atoms with Crippen molar-refractivity contribution in [3.8, 4) is 11.6 Å². The number of rotatable bonds is 4. The molecule has 0 spiro atoms. The van der Waals surface area contributed by atoms with Crippen LogP contribution in [-0.4, -0.2) is 19.9 Å². The van der Waals surface area contributed by atoms with Crippen LogP contribution in [0.25, 0.3) is 11.6 Å². The Balaban J connectivity index is 2.04. The molecule has 0 unspecified atom stereocenters. The lowest BCUT2D eigenvalue weighted by Gasteiger charge is -2.14. The van der Waals surface area contributed by atoms with E-state index < -0.39 is 0 Å². The molecule has 0 aromatic carbocycles. The molecule has 1 aliphatic rings. The van der Waals surface area contributed by atoms with E-state index >= 15 is 0 Å². The van der Waals surface area contributed by atoms with Crippen molar-refractivity contribution in [1.82, 2.24) is 19.9 Å². The maximum absolute atomic E-state index is 4.74. The molecule has 0 radical (unpaired) electrons. The summed E-state index contributed by atoms with van der Waals surface area (Å²) < 4.78 is 0. The van der Waals surface area contributed by atoms with E-state index in [0.717, 1.165) is 6.42 Å². The minimum atomic E-state index is 0.459. The molecule has 19 heavy (non-hydrogen) atoms. The van der Waals surface area contributed by atoms with Gasteiger partial charge in [0.15, 0.2) is 11.6 Å². The third-order valence-electron chi connectivity index (χ3n) is 3.71. The zero-order valence-electron chi connectivity index (χ0n) is 11.4. The molecule has 1 aliphatic carbocycles. The van der Waals surface area contributed by atoms with E-state index in [4.69, 9.17) is 4.98 Å². The number of aromatic nitrogens is 4. The summed E-state index contributed by atoms with van der Waals surface area (Å²) in [5.74, 6) is 2.38. The van der Waals surface area contributed by atoms with Gasteiger partial charge in [0.05, 0.1) is 5.69 Å². The van der Waals surface area contributed by atoms with Crippen molar-refractivity contribution in [3.05, 3.63) is 35.9 Å². The van der Waals surface area contributed by atoms with Crippen molar-refractivity contribution in [3.63, 3.8) is 0 Å². The van der Waals surface area contributed by atoms with E-state index in [1.807, 2.05) is 6.20 Å². The second kappa shape index (κ2) is 5.03. The minimum absolute atomic E-state index is 0.459. The van der Waals surface area contributed by atoms with Crippen LogP contribution in [0.4, 0.5) is 0 Å². The summed E-state index contributed by atoms with van der Waals surface area (Å²) in [6.45, 7) is 4.42. The van der Waals surface area contributed by atoms with Crippen LogP contribution in [-0.2, 0) is 0 Å². The van der Waals surface area contributed by atoms with Gasteiger partial charge in [0.25, 0.3) is 0 Å². The second-order valence-electron chi connectivity index (χ2n) is 5.19. The third-order valence-corrected chi connectivity index (χ3v) is 3.71. The van der Waals surface area contributed by atoms with E-state index in [1.165, 1.54) is 24.1 Å². The van der Waals surface area contributed by atoms with Gasteiger partial charge in [-0.25, -0.2) is 19.9 Å². The molecule has 98 valence electrons. The van der Waals surface area contributed by atoms with E-state index in [0.29, 0.717) is 23.5 Å². The topological polar surface area (TPSA) is 51.6 Å². The van der Waals surface area contributed by atoms with E-state index in [1.54, 1.807) is 18.5 Å². The first-order chi connectivity index (χ1) is 9.29. The molecule has 0 saturated heterocycles. The summed E-state index contributed by atoms with van der Waals surface area (Å²) in [7, 11) is 0. The minimum Gasteiger partial charge on any atom is -0.234 e. The Kier molecular flexibility index (Phi) is 3.23. The van der Waals surface area contributed by atoms with Crippen LogP contribution < -0.4 is 0 Å². The van der Waals surface area contributed by atoms with Crippen LogP contribution in [0, 0.1) is 0 Å². The van der Waals surface area contributed by atoms with Gasteiger partial charge in [-0.3, -0.25) is 0 Å². The van der Waals surface area contributed by atoms with Crippen LogP contribution in [0.2, 0.25) is 0 Å². The molecule has 2 aromatic heterocycles. The molecular weight excluding hydrogens is 236 g/mol. The van der Waals surface area contributed by atoms with Gasteiger partial charge in [-0.1, -0.05) is 13.8 Å². The molecule has 4 heteroatoms. The monoisotopic (exact) mass is 254 g/mol. The fraction of sp³-hybridized carbons (Fsp3) is 0.467. The summed E-state index contributed by atoms with van der Waals surface area (Å²) in [5.41, 5.74) is 2.51. The molecule has 3 rings (SSSR count).